The van der Waals surface area contributed by atoms with E-state index in [9.17, 15) is 8.78 Å². The summed E-state index contributed by atoms with van der Waals surface area (Å²) in [4.78, 5) is 0. The highest BCUT2D eigenvalue weighted by Crippen LogP contribution is 2.49. The fourth-order valence-corrected chi connectivity index (χ4v) is 3.71. The van der Waals surface area contributed by atoms with Crippen molar-refractivity contribution in [1.82, 2.24) is 5.32 Å². The van der Waals surface area contributed by atoms with Gasteiger partial charge < -0.3 is 5.32 Å². The second-order valence-electron chi connectivity index (χ2n) is 5.24. The number of hydrogen-bond donors (Lipinski definition) is 1. The van der Waals surface area contributed by atoms with Crippen LogP contribution in [0.4, 0.5) is 25.8 Å². The molecule has 2 aromatic rings. The molecular formula is C17H19F2N3S. The van der Waals surface area contributed by atoms with Gasteiger partial charge >= 0.3 is 0 Å². The van der Waals surface area contributed by atoms with Gasteiger partial charge in [0.05, 0.1) is 23.5 Å². The summed E-state index contributed by atoms with van der Waals surface area (Å²) < 4.78 is 32.0. The Kier molecular flexibility index (Phi) is 5.03. The van der Waals surface area contributed by atoms with Crippen molar-refractivity contribution < 1.29 is 8.78 Å². The standard InChI is InChI=1S/C17H19F2N3S/c1-2-20-11-6-12-21-15-9-3-4-10-16(15)22(23-21)17-13(18)7-5-8-14(17)19/h3-5,7-10,20H,2,6,11-12H2,1H3. The Morgan fingerprint density at radius 3 is 2.39 bits per heavy atom. The summed E-state index contributed by atoms with van der Waals surface area (Å²) in [6.07, 6.45) is 0.961. The van der Waals surface area contributed by atoms with Crippen LogP contribution >= 0.6 is 12.1 Å². The summed E-state index contributed by atoms with van der Waals surface area (Å²) in [6.45, 7) is 4.74. The zero-order chi connectivity index (χ0) is 16.2. The van der Waals surface area contributed by atoms with Crippen molar-refractivity contribution in [3.8, 4) is 0 Å². The molecule has 1 heterocycles. The molecule has 0 saturated carbocycles. The monoisotopic (exact) mass is 335 g/mol. The maximum Gasteiger partial charge on any atom is 0.150 e. The predicted molar refractivity (Wildman–Crippen MR) is 93.0 cm³/mol. The molecule has 3 nitrogen and oxygen atoms in total. The van der Waals surface area contributed by atoms with E-state index in [1.54, 1.807) is 4.31 Å². The minimum atomic E-state index is -0.554. The van der Waals surface area contributed by atoms with E-state index in [0.717, 1.165) is 37.4 Å². The van der Waals surface area contributed by atoms with Gasteiger partial charge in [-0.25, -0.2) is 8.78 Å². The van der Waals surface area contributed by atoms with Crippen molar-refractivity contribution >= 4 is 29.2 Å². The summed E-state index contributed by atoms with van der Waals surface area (Å²) in [5.41, 5.74) is 1.78. The number of halogens is 2. The molecule has 0 unspecified atom stereocenters. The van der Waals surface area contributed by atoms with Crippen molar-refractivity contribution in [3.05, 3.63) is 54.1 Å². The van der Waals surface area contributed by atoms with Crippen molar-refractivity contribution in [1.29, 1.82) is 0 Å². The third-order valence-corrected chi connectivity index (χ3v) is 4.77. The smallest absolute Gasteiger partial charge is 0.150 e. The lowest BCUT2D eigenvalue weighted by Crippen LogP contribution is -2.21. The van der Waals surface area contributed by atoms with Crippen LogP contribution in [-0.2, 0) is 0 Å². The molecule has 1 N–H and O–H groups in total. The van der Waals surface area contributed by atoms with Gasteiger partial charge in [-0.3, -0.25) is 8.61 Å². The number of para-hydroxylation sites is 3. The Morgan fingerprint density at radius 2 is 1.70 bits per heavy atom. The summed E-state index contributed by atoms with van der Waals surface area (Å²) in [5, 5.41) is 3.29. The average molecular weight is 335 g/mol. The fourth-order valence-electron chi connectivity index (χ4n) is 2.56. The molecule has 0 atom stereocenters. The molecule has 2 aromatic carbocycles. The van der Waals surface area contributed by atoms with Gasteiger partial charge in [-0.15, -0.1) is 0 Å². The number of anilines is 3. The first-order chi connectivity index (χ1) is 11.2. The number of nitrogens with one attached hydrogen (secondary N) is 1. The van der Waals surface area contributed by atoms with Gasteiger partial charge in [0.1, 0.15) is 5.69 Å². The number of hydrogen-bond acceptors (Lipinski definition) is 4. The number of benzene rings is 2. The molecule has 3 rings (SSSR count). The van der Waals surface area contributed by atoms with E-state index in [-0.39, 0.29) is 5.69 Å². The van der Waals surface area contributed by atoms with Crippen LogP contribution in [0.5, 0.6) is 0 Å². The number of fused-ring (bicyclic) bond motifs is 1. The Hall–Kier alpha value is -1.79. The third-order valence-electron chi connectivity index (χ3n) is 3.65. The molecule has 0 bridgehead atoms. The predicted octanol–water partition coefficient (Wildman–Crippen LogP) is 4.49. The Balaban J connectivity index is 1.86. The second-order valence-corrected chi connectivity index (χ2v) is 6.21. The second kappa shape index (κ2) is 7.19. The van der Waals surface area contributed by atoms with Crippen molar-refractivity contribution in [2.24, 2.45) is 0 Å². The van der Waals surface area contributed by atoms with Gasteiger partial charge in [-0.2, -0.15) is 0 Å². The molecule has 0 amide bonds. The van der Waals surface area contributed by atoms with E-state index in [2.05, 4.69) is 16.5 Å². The van der Waals surface area contributed by atoms with E-state index in [4.69, 9.17) is 0 Å². The average Bonchev–Trinajstić information content (AvgIpc) is 2.91. The quantitative estimate of drug-likeness (QED) is 0.619. The van der Waals surface area contributed by atoms with Gasteiger partial charge in [0.2, 0.25) is 0 Å². The van der Waals surface area contributed by atoms with E-state index in [1.165, 1.54) is 30.3 Å². The molecule has 0 aliphatic carbocycles. The molecule has 1 aliphatic heterocycles. The first kappa shape index (κ1) is 16.1. The number of rotatable bonds is 6. The van der Waals surface area contributed by atoms with Gasteiger partial charge in [0.25, 0.3) is 0 Å². The van der Waals surface area contributed by atoms with Crippen molar-refractivity contribution in [2.75, 3.05) is 28.2 Å². The van der Waals surface area contributed by atoms with E-state index in [0.29, 0.717) is 0 Å². The Bertz CT molecular complexity index is 660. The van der Waals surface area contributed by atoms with Gasteiger partial charge in [-0.1, -0.05) is 25.1 Å². The fraction of sp³-hybridized carbons (Fsp3) is 0.294. The van der Waals surface area contributed by atoms with Crippen LogP contribution in [0.1, 0.15) is 13.3 Å². The highest BCUT2D eigenvalue weighted by molar-refractivity contribution is 8.02. The summed E-state index contributed by atoms with van der Waals surface area (Å²) in [6, 6.07) is 11.7. The molecule has 0 spiro atoms. The van der Waals surface area contributed by atoms with E-state index in [1.807, 2.05) is 24.3 Å². The van der Waals surface area contributed by atoms with Crippen LogP contribution in [0.2, 0.25) is 0 Å². The minimum Gasteiger partial charge on any atom is -0.317 e. The third kappa shape index (κ3) is 3.28. The highest BCUT2D eigenvalue weighted by Gasteiger charge is 2.31. The molecule has 0 fully saturated rings. The van der Waals surface area contributed by atoms with Crippen LogP contribution in [-0.4, -0.2) is 19.6 Å². The van der Waals surface area contributed by atoms with Crippen molar-refractivity contribution in [2.45, 2.75) is 13.3 Å². The summed E-state index contributed by atoms with van der Waals surface area (Å²) in [7, 11) is 0. The molecule has 6 heteroatoms. The summed E-state index contributed by atoms with van der Waals surface area (Å²) >= 11 is 1.34. The zero-order valence-electron chi connectivity index (χ0n) is 12.9. The topological polar surface area (TPSA) is 18.5 Å². The lowest BCUT2D eigenvalue weighted by molar-refractivity contribution is 0.588. The Labute approximate surface area is 139 Å². The minimum absolute atomic E-state index is 0.0147. The molecule has 23 heavy (non-hydrogen) atoms. The number of nitrogens with zero attached hydrogens (tertiary/aromatic N) is 2. The van der Waals surface area contributed by atoms with E-state index < -0.39 is 11.6 Å². The van der Waals surface area contributed by atoms with Crippen molar-refractivity contribution in [3.63, 3.8) is 0 Å². The maximum absolute atomic E-state index is 14.2. The first-order valence-electron chi connectivity index (χ1n) is 7.72. The lowest BCUT2D eigenvalue weighted by atomic mass is 10.2. The van der Waals surface area contributed by atoms with E-state index >= 15 is 0 Å². The molecule has 0 aromatic heterocycles. The van der Waals surface area contributed by atoms with Gasteiger partial charge in [-0.05, 0) is 43.8 Å². The van der Waals surface area contributed by atoms with Crippen LogP contribution in [0, 0.1) is 11.6 Å². The van der Waals surface area contributed by atoms with Crippen LogP contribution in [0.25, 0.3) is 0 Å². The molecular weight excluding hydrogens is 316 g/mol. The Morgan fingerprint density at radius 1 is 1.00 bits per heavy atom. The zero-order valence-corrected chi connectivity index (χ0v) is 13.7. The normalized spacial score (nSPS) is 13.5. The molecule has 0 saturated heterocycles. The molecule has 1 aliphatic rings. The lowest BCUT2D eigenvalue weighted by Gasteiger charge is -2.20. The summed E-state index contributed by atoms with van der Waals surface area (Å²) in [5.74, 6) is -1.11. The van der Waals surface area contributed by atoms with Crippen LogP contribution in [0.3, 0.4) is 0 Å². The SMILES string of the molecule is CCNCCCN1SN(c2c(F)cccc2F)c2ccccc21. The first-order valence-corrected chi connectivity index (χ1v) is 8.45. The maximum atomic E-state index is 14.2. The van der Waals surface area contributed by atoms with Gasteiger partial charge in [0.15, 0.2) is 11.6 Å². The molecule has 0 radical (unpaired) electrons. The van der Waals surface area contributed by atoms with Crippen LogP contribution < -0.4 is 13.9 Å². The van der Waals surface area contributed by atoms with Crippen LogP contribution in [0.15, 0.2) is 42.5 Å². The molecule has 122 valence electrons. The van der Waals surface area contributed by atoms with Gasteiger partial charge in [0, 0.05) is 6.54 Å². The highest BCUT2D eigenvalue weighted by atomic mass is 32.2. The largest absolute Gasteiger partial charge is 0.317 e.